The Labute approximate surface area is 100 Å². The summed E-state index contributed by atoms with van der Waals surface area (Å²) in [6, 6.07) is 5.63. The highest BCUT2D eigenvalue weighted by Crippen LogP contribution is 2.09. The van der Waals surface area contributed by atoms with E-state index in [9.17, 15) is 9.18 Å². The molecule has 0 radical (unpaired) electrons. The molecule has 0 bridgehead atoms. The minimum Gasteiger partial charge on any atom is -0.292 e. The van der Waals surface area contributed by atoms with Gasteiger partial charge in [0.05, 0.1) is 10.7 Å². The lowest BCUT2D eigenvalue weighted by Crippen LogP contribution is -2.10. The van der Waals surface area contributed by atoms with Gasteiger partial charge < -0.3 is 0 Å². The lowest BCUT2D eigenvalue weighted by atomic mass is 10.1. The Bertz CT molecular complexity index is 524. The van der Waals surface area contributed by atoms with Gasteiger partial charge in [0.15, 0.2) is 5.78 Å². The smallest absolute Gasteiger partial charge is 0.184 e. The molecule has 0 saturated heterocycles. The second-order valence-electron chi connectivity index (χ2n) is 3.29. The van der Waals surface area contributed by atoms with E-state index in [0.29, 0.717) is 5.56 Å². The molecule has 0 saturated carbocycles. The molecule has 0 aliphatic carbocycles. The number of aromatic nitrogens is 2. The van der Waals surface area contributed by atoms with Crippen molar-refractivity contribution in [3.63, 3.8) is 0 Å². The molecule has 0 N–H and O–H groups in total. The summed E-state index contributed by atoms with van der Waals surface area (Å²) in [4.78, 5) is 11.7. The van der Waals surface area contributed by atoms with Gasteiger partial charge in [0.25, 0.3) is 0 Å². The van der Waals surface area contributed by atoms with Crippen molar-refractivity contribution in [3.05, 3.63) is 52.5 Å². The van der Waals surface area contributed by atoms with E-state index in [1.165, 1.54) is 22.9 Å². The first-order valence-corrected chi connectivity index (χ1v) is 5.41. The number of Topliss-reactive ketones (excluding diaryl/α,β-unsaturated/α-hetero) is 1. The van der Waals surface area contributed by atoms with Crippen LogP contribution in [0.25, 0.3) is 0 Å². The summed E-state index contributed by atoms with van der Waals surface area (Å²) >= 11 is 3.24. The lowest BCUT2D eigenvalue weighted by molar-refractivity contribution is 0.0967. The van der Waals surface area contributed by atoms with Gasteiger partial charge in [0, 0.05) is 11.8 Å². The number of nitrogens with zero attached hydrogens (tertiary/aromatic N) is 2. The Morgan fingerprint density at radius 1 is 1.50 bits per heavy atom. The first kappa shape index (κ1) is 11.0. The Balaban J connectivity index is 2.14. The molecule has 0 amide bonds. The highest BCUT2D eigenvalue weighted by atomic mass is 79.9. The number of rotatable bonds is 3. The van der Waals surface area contributed by atoms with Gasteiger partial charge in [-0.25, -0.2) is 4.39 Å². The molecule has 1 heterocycles. The highest BCUT2D eigenvalue weighted by Gasteiger charge is 2.08. The molecule has 82 valence electrons. The van der Waals surface area contributed by atoms with E-state index < -0.39 is 5.82 Å². The molecule has 0 spiro atoms. The molecule has 5 heteroatoms. The highest BCUT2D eigenvalue weighted by molar-refractivity contribution is 9.10. The number of carbonyl (C=O) groups excluding carboxylic acids is 1. The van der Waals surface area contributed by atoms with E-state index in [4.69, 9.17) is 0 Å². The largest absolute Gasteiger partial charge is 0.292 e. The fourth-order valence-electron chi connectivity index (χ4n) is 1.33. The number of hydrogen-bond donors (Lipinski definition) is 0. The second kappa shape index (κ2) is 4.57. The minimum absolute atomic E-state index is 0.106. The summed E-state index contributed by atoms with van der Waals surface area (Å²) in [6.07, 6.45) is 3.29. The van der Waals surface area contributed by atoms with Crippen molar-refractivity contribution in [2.24, 2.45) is 0 Å². The third kappa shape index (κ3) is 2.55. The second-order valence-corrected chi connectivity index (χ2v) is 4.21. The van der Waals surface area contributed by atoms with Crippen LogP contribution in [0.5, 0.6) is 0 Å². The van der Waals surface area contributed by atoms with Crippen LogP contribution in [0.2, 0.25) is 0 Å². The van der Waals surface area contributed by atoms with Crippen molar-refractivity contribution in [3.8, 4) is 0 Å². The number of carbonyl (C=O) groups is 1. The third-order valence-electron chi connectivity index (χ3n) is 2.05. The van der Waals surface area contributed by atoms with Crippen LogP contribution < -0.4 is 0 Å². The molecule has 2 rings (SSSR count). The molecule has 0 atom stereocenters. The van der Waals surface area contributed by atoms with Crippen molar-refractivity contribution in [1.29, 1.82) is 0 Å². The summed E-state index contributed by atoms with van der Waals surface area (Å²) < 4.78 is 15.2. The molecular formula is C11H8BrFN2O. The van der Waals surface area contributed by atoms with Gasteiger partial charge in [-0.3, -0.25) is 9.48 Å². The molecule has 1 aromatic heterocycles. The predicted molar refractivity (Wildman–Crippen MR) is 60.7 cm³/mol. The maximum atomic E-state index is 12.9. The van der Waals surface area contributed by atoms with Gasteiger partial charge >= 0.3 is 0 Å². The third-order valence-corrected chi connectivity index (χ3v) is 2.46. The van der Waals surface area contributed by atoms with Crippen LogP contribution in [-0.4, -0.2) is 15.6 Å². The molecule has 16 heavy (non-hydrogen) atoms. The number of halogens is 2. The van der Waals surface area contributed by atoms with Crippen LogP contribution in [-0.2, 0) is 6.54 Å². The fraction of sp³-hybridized carbons (Fsp3) is 0.0909. The number of ketones is 1. The first-order valence-electron chi connectivity index (χ1n) is 4.62. The monoisotopic (exact) mass is 282 g/mol. The van der Waals surface area contributed by atoms with Crippen LogP contribution in [0, 0.1) is 5.82 Å². The summed E-state index contributed by atoms with van der Waals surface area (Å²) in [6.45, 7) is 0.106. The SMILES string of the molecule is O=C(Cn1cc(Br)cn1)c1cccc(F)c1. The molecule has 2 aromatic rings. The Morgan fingerprint density at radius 3 is 2.94 bits per heavy atom. The molecule has 1 aromatic carbocycles. The summed E-state index contributed by atoms with van der Waals surface area (Å²) in [7, 11) is 0. The van der Waals surface area contributed by atoms with Gasteiger partial charge in [-0.15, -0.1) is 0 Å². The molecule has 0 fully saturated rings. The molecule has 0 aliphatic heterocycles. The van der Waals surface area contributed by atoms with Crippen molar-refractivity contribution >= 4 is 21.7 Å². The lowest BCUT2D eigenvalue weighted by Gasteiger charge is -2.01. The van der Waals surface area contributed by atoms with Gasteiger partial charge in [0.2, 0.25) is 0 Å². The van der Waals surface area contributed by atoms with Gasteiger partial charge in [-0.1, -0.05) is 12.1 Å². The van der Waals surface area contributed by atoms with Crippen molar-refractivity contribution < 1.29 is 9.18 Å². The van der Waals surface area contributed by atoms with E-state index in [1.807, 2.05) is 0 Å². The summed E-state index contributed by atoms with van der Waals surface area (Å²) in [5.74, 6) is -0.581. The Hall–Kier alpha value is -1.49. The zero-order valence-corrected chi connectivity index (χ0v) is 9.82. The number of hydrogen-bond acceptors (Lipinski definition) is 2. The molecule has 0 aliphatic rings. The molecular weight excluding hydrogens is 275 g/mol. The molecule has 3 nitrogen and oxygen atoms in total. The van der Waals surface area contributed by atoms with E-state index in [1.54, 1.807) is 18.5 Å². The first-order chi connectivity index (χ1) is 7.65. The van der Waals surface area contributed by atoms with E-state index in [2.05, 4.69) is 21.0 Å². The summed E-state index contributed by atoms with van der Waals surface area (Å²) in [5.41, 5.74) is 0.353. The minimum atomic E-state index is -0.410. The van der Waals surface area contributed by atoms with Crippen LogP contribution >= 0.6 is 15.9 Å². The summed E-state index contributed by atoms with van der Waals surface area (Å²) in [5, 5.41) is 3.96. The average Bonchev–Trinajstić information content (AvgIpc) is 2.64. The van der Waals surface area contributed by atoms with Gasteiger partial charge in [-0.2, -0.15) is 5.10 Å². The van der Waals surface area contributed by atoms with Crippen LogP contribution in [0.15, 0.2) is 41.1 Å². The zero-order chi connectivity index (χ0) is 11.5. The van der Waals surface area contributed by atoms with Gasteiger partial charge in [-0.05, 0) is 28.1 Å². The fourth-order valence-corrected chi connectivity index (χ4v) is 1.65. The van der Waals surface area contributed by atoms with E-state index in [-0.39, 0.29) is 12.3 Å². The average molecular weight is 283 g/mol. The van der Waals surface area contributed by atoms with Crippen LogP contribution in [0.3, 0.4) is 0 Å². The molecule has 0 unspecified atom stereocenters. The maximum Gasteiger partial charge on any atom is 0.184 e. The number of benzene rings is 1. The quantitative estimate of drug-likeness (QED) is 0.812. The van der Waals surface area contributed by atoms with Gasteiger partial charge in [0.1, 0.15) is 12.4 Å². The Kier molecular flexibility index (Phi) is 3.14. The van der Waals surface area contributed by atoms with Crippen molar-refractivity contribution in [1.82, 2.24) is 9.78 Å². The zero-order valence-electron chi connectivity index (χ0n) is 8.23. The maximum absolute atomic E-state index is 12.9. The van der Waals surface area contributed by atoms with E-state index >= 15 is 0 Å². The van der Waals surface area contributed by atoms with Crippen LogP contribution in [0.1, 0.15) is 10.4 Å². The Morgan fingerprint density at radius 2 is 2.31 bits per heavy atom. The standard InChI is InChI=1S/C11H8BrFN2O/c12-9-5-14-15(6-9)7-11(16)8-2-1-3-10(13)4-8/h1-6H,7H2. The van der Waals surface area contributed by atoms with Crippen molar-refractivity contribution in [2.75, 3.05) is 0 Å². The predicted octanol–water partition coefficient (Wildman–Crippen LogP) is 2.67. The van der Waals surface area contributed by atoms with E-state index in [0.717, 1.165) is 4.47 Å². The normalized spacial score (nSPS) is 10.4. The van der Waals surface area contributed by atoms with Crippen LogP contribution in [0.4, 0.5) is 4.39 Å². The van der Waals surface area contributed by atoms with Crippen molar-refractivity contribution in [2.45, 2.75) is 6.54 Å². The topological polar surface area (TPSA) is 34.9 Å².